The quantitative estimate of drug-likeness (QED) is 0.378. The zero-order valence-corrected chi connectivity index (χ0v) is 16.9. The van der Waals surface area contributed by atoms with Gasteiger partial charge in [-0.15, -0.1) is 11.3 Å². The number of aromatic nitrogens is 2. The molecule has 1 aromatic carbocycles. The molecule has 1 aliphatic rings. The molecule has 2 heterocycles. The first-order valence-electron chi connectivity index (χ1n) is 8.90. The maximum Gasteiger partial charge on any atom is 0.316 e. The number of methoxy groups -OCH3 is 1. The second-order valence-electron chi connectivity index (χ2n) is 6.77. The first kappa shape index (κ1) is 18.3. The third-order valence-corrected chi connectivity index (χ3v) is 6.95. The average molecular weight is 401 g/mol. The van der Waals surface area contributed by atoms with Crippen LogP contribution in [0.15, 0.2) is 40.3 Å². The largest absolute Gasteiger partial charge is 0.468 e. The molecule has 0 amide bonds. The molecule has 7 heteroatoms. The van der Waals surface area contributed by atoms with Crippen LogP contribution >= 0.6 is 23.1 Å². The fourth-order valence-corrected chi connectivity index (χ4v) is 5.56. The second kappa shape index (κ2) is 7.48. The summed E-state index contributed by atoms with van der Waals surface area (Å²) in [7, 11) is 1.36. The number of aryl methyl sites for hydroxylation is 1. The summed E-state index contributed by atoms with van der Waals surface area (Å²) in [4.78, 5) is 32.0. The highest BCUT2D eigenvalue weighted by molar-refractivity contribution is 7.99. The number of thioether (sulfide) groups is 1. The molecule has 27 heavy (non-hydrogen) atoms. The number of thiophene rings is 1. The summed E-state index contributed by atoms with van der Waals surface area (Å²) >= 11 is 2.85. The van der Waals surface area contributed by atoms with Crippen LogP contribution in [0.2, 0.25) is 0 Å². The molecule has 1 aliphatic carbocycles. The van der Waals surface area contributed by atoms with Gasteiger partial charge in [-0.1, -0.05) is 36.9 Å². The smallest absolute Gasteiger partial charge is 0.316 e. The highest BCUT2D eigenvalue weighted by Crippen LogP contribution is 2.36. The molecule has 5 nitrogen and oxygen atoms in total. The van der Waals surface area contributed by atoms with Crippen LogP contribution in [0, 0.1) is 5.92 Å². The van der Waals surface area contributed by atoms with Gasteiger partial charge in [0.15, 0.2) is 5.16 Å². The molecule has 0 radical (unpaired) electrons. The topological polar surface area (TPSA) is 61.2 Å². The van der Waals surface area contributed by atoms with E-state index in [0.717, 1.165) is 35.2 Å². The molecule has 0 saturated heterocycles. The van der Waals surface area contributed by atoms with E-state index >= 15 is 0 Å². The Kier molecular flexibility index (Phi) is 5.06. The first-order chi connectivity index (χ1) is 13.1. The molecule has 4 rings (SSSR count). The van der Waals surface area contributed by atoms with Gasteiger partial charge in [0.1, 0.15) is 4.83 Å². The second-order valence-corrected chi connectivity index (χ2v) is 8.79. The van der Waals surface area contributed by atoms with Crippen molar-refractivity contribution in [1.82, 2.24) is 9.55 Å². The number of rotatable bonds is 4. The third kappa shape index (κ3) is 3.41. The number of esters is 1. The Morgan fingerprint density at radius 2 is 2.15 bits per heavy atom. The van der Waals surface area contributed by atoms with E-state index in [1.165, 1.54) is 29.3 Å². The van der Waals surface area contributed by atoms with Crippen LogP contribution < -0.4 is 5.56 Å². The van der Waals surface area contributed by atoms with Crippen molar-refractivity contribution < 1.29 is 9.53 Å². The highest BCUT2D eigenvalue weighted by Gasteiger charge is 2.25. The van der Waals surface area contributed by atoms with Crippen LogP contribution in [0.3, 0.4) is 0 Å². The van der Waals surface area contributed by atoms with Crippen LogP contribution in [0.4, 0.5) is 0 Å². The van der Waals surface area contributed by atoms with Gasteiger partial charge in [-0.25, -0.2) is 4.98 Å². The predicted molar refractivity (Wildman–Crippen MR) is 109 cm³/mol. The fourth-order valence-electron chi connectivity index (χ4n) is 3.46. The van der Waals surface area contributed by atoms with Crippen molar-refractivity contribution in [3.63, 3.8) is 0 Å². The van der Waals surface area contributed by atoms with Gasteiger partial charge in [-0.2, -0.15) is 0 Å². The first-order valence-corrected chi connectivity index (χ1v) is 10.7. The minimum Gasteiger partial charge on any atom is -0.468 e. The molecule has 0 unspecified atom stereocenters. The van der Waals surface area contributed by atoms with Gasteiger partial charge in [0.25, 0.3) is 5.56 Å². The summed E-state index contributed by atoms with van der Waals surface area (Å²) in [6.45, 7) is 2.23. The zero-order valence-electron chi connectivity index (χ0n) is 15.2. The lowest BCUT2D eigenvalue weighted by atomic mass is 9.89. The maximum atomic E-state index is 13.5. The number of carbonyl (C=O) groups is 1. The van der Waals surface area contributed by atoms with Crippen molar-refractivity contribution in [2.75, 3.05) is 12.9 Å². The molecule has 0 fully saturated rings. The van der Waals surface area contributed by atoms with E-state index in [4.69, 9.17) is 9.72 Å². The minimum atomic E-state index is -0.340. The number of para-hydroxylation sites is 1. The van der Waals surface area contributed by atoms with Crippen molar-refractivity contribution in [3.8, 4) is 5.69 Å². The Morgan fingerprint density at radius 1 is 1.37 bits per heavy atom. The van der Waals surface area contributed by atoms with E-state index in [0.29, 0.717) is 11.1 Å². The van der Waals surface area contributed by atoms with Crippen molar-refractivity contribution in [3.05, 3.63) is 51.1 Å². The van der Waals surface area contributed by atoms with Crippen LogP contribution in [0.1, 0.15) is 23.8 Å². The number of hydrogen-bond acceptors (Lipinski definition) is 6. The van der Waals surface area contributed by atoms with Crippen molar-refractivity contribution >= 4 is 39.3 Å². The van der Waals surface area contributed by atoms with Crippen LogP contribution in [-0.2, 0) is 22.4 Å². The monoisotopic (exact) mass is 400 g/mol. The summed E-state index contributed by atoms with van der Waals surface area (Å²) < 4.78 is 6.37. The van der Waals surface area contributed by atoms with Crippen LogP contribution in [0.25, 0.3) is 15.9 Å². The maximum absolute atomic E-state index is 13.5. The lowest BCUT2D eigenvalue weighted by Gasteiger charge is -2.18. The van der Waals surface area contributed by atoms with Crippen LogP contribution in [-0.4, -0.2) is 28.4 Å². The fraction of sp³-hybridized carbons (Fsp3) is 0.350. The molecular weight excluding hydrogens is 380 g/mol. The van der Waals surface area contributed by atoms with Gasteiger partial charge in [-0.3, -0.25) is 14.2 Å². The SMILES string of the molecule is COC(=O)CSc1nc2sc3c(c2c(=O)n1-c1ccccc1)C[C@H](C)CC3. The normalized spacial score (nSPS) is 16.3. The van der Waals surface area contributed by atoms with Gasteiger partial charge in [0.05, 0.1) is 23.9 Å². The Morgan fingerprint density at radius 3 is 2.89 bits per heavy atom. The molecule has 1 atom stereocenters. The summed E-state index contributed by atoms with van der Waals surface area (Å²) in [6.07, 6.45) is 3.08. The van der Waals surface area contributed by atoms with E-state index in [1.54, 1.807) is 15.9 Å². The molecule has 0 N–H and O–H groups in total. The van der Waals surface area contributed by atoms with Gasteiger partial charge in [0, 0.05) is 4.88 Å². The van der Waals surface area contributed by atoms with E-state index < -0.39 is 0 Å². The summed E-state index contributed by atoms with van der Waals surface area (Å²) in [5, 5.41) is 1.27. The average Bonchev–Trinajstić information content (AvgIpc) is 3.04. The minimum absolute atomic E-state index is 0.0508. The predicted octanol–water partition coefficient (Wildman–Crippen LogP) is 3.84. The van der Waals surface area contributed by atoms with E-state index in [9.17, 15) is 9.59 Å². The number of fused-ring (bicyclic) bond motifs is 3. The number of benzene rings is 1. The Labute approximate surface area is 165 Å². The summed E-state index contributed by atoms with van der Waals surface area (Å²) in [5.74, 6) is 0.352. The van der Waals surface area contributed by atoms with Crippen molar-refractivity contribution in [2.45, 2.75) is 31.3 Å². The van der Waals surface area contributed by atoms with Crippen molar-refractivity contribution in [2.24, 2.45) is 5.92 Å². The number of hydrogen-bond donors (Lipinski definition) is 0. The van der Waals surface area contributed by atoms with Crippen molar-refractivity contribution in [1.29, 1.82) is 0 Å². The van der Waals surface area contributed by atoms with E-state index in [2.05, 4.69) is 6.92 Å². The highest BCUT2D eigenvalue weighted by atomic mass is 32.2. The molecule has 0 bridgehead atoms. The van der Waals surface area contributed by atoms with Gasteiger partial charge in [-0.05, 0) is 42.9 Å². The summed E-state index contributed by atoms with van der Waals surface area (Å²) in [6, 6.07) is 9.48. The molecule has 3 aromatic rings. The van der Waals surface area contributed by atoms with E-state index in [-0.39, 0.29) is 17.3 Å². The van der Waals surface area contributed by atoms with Crippen LogP contribution in [0.5, 0.6) is 0 Å². The third-order valence-electron chi connectivity index (χ3n) is 4.86. The summed E-state index contributed by atoms with van der Waals surface area (Å²) in [5.41, 5.74) is 1.87. The Bertz CT molecular complexity index is 1060. The Hall–Kier alpha value is -2.12. The Balaban J connectivity index is 1.93. The lowest BCUT2D eigenvalue weighted by Crippen LogP contribution is -2.23. The zero-order chi connectivity index (χ0) is 19.0. The molecule has 140 valence electrons. The number of nitrogens with zero attached hydrogens (tertiary/aromatic N) is 2. The molecule has 2 aromatic heterocycles. The standard InChI is InChI=1S/C20H20N2O3S2/c1-12-8-9-15-14(10-12)17-18(27-15)21-20(26-11-16(23)25-2)22(19(17)24)13-6-4-3-5-7-13/h3-7,12H,8-11H2,1-2H3/t12-/m1/s1. The lowest BCUT2D eigenvalue weighted by molar-refractivity contribution is -0.137. The van der Waals surface area contributed by atoms with Gasteiger partial charge >= 0.3 is 5.97 Å². The van der Waals surface area contributed by atoms with E-state index in [1.807, 2.05) is 30.3 Å². The van der Waals surface area contributed by atoms with Gasteiger partial charge in [0.2, 0.25) is 0 Å². The molecule has 0 aliphatic heterocycles. The molecular formula is C20H20N2O3S2. The van der Waals surface area contributed by atoms with Gasteiger partial charge < -0.3 is 4.74 Å². The number of carbonyl (C=O) groups excluding carboxylic acids is 1. The number of ether oxygens (including phenoxy) is 1. The molecule has 0 saturated carbocycles. The molecule has 0 spiro atoms.